The molecule has 1 N–H and O–H groups in total. The number of nitrogens with zero attached hydrogens (tertiary/aromatic N) is 1. The van der Waals surface area contributed by atoms with Crippen molar-refractivity contribution in [2.24, 2.45) is 4.99 Å². The predicted molar refractivity (Wildman–Crippen MR) is 62.0 cm³/mol. The van der Waals surface area contributed by atoms with E-state index in [4.69, 9.17) is 16.3 Å². The van der Waals surface area contributed by atoms with Gasteiger partial charge in [-0.1, -0.05) is 11.6 Å². The van der Waals surface area contributed by atoms with Gasteiger partial charge in [0, 0.05) is 23.6 Å². The maximum absolute atomic E-state index is 5.94. The molecule has 4 heteroatoms. The summed E-state index contributed by atoms with van der Waals surface area (Å²) in [7, 11) is 1.66. The summed E-state index contributed by atoms with van der Waals surface area (Å²) in [5, 5.41) is 3.95. The first-order chi connectivity index (χ1) is 7.29. The van der Waals surface area contributed by atoms with E-state index in [9.17, 15) is 0 Å². The molecule has 0 amide bonds. The average molecular weight is 225 g/mol. The van der Waals surface area contributed by atoms with Crippen LogP contribution in [-0.2, 0) is 6.42 Å². The van der Waals surface area contributed by atoms with Gasteiger partial charge in [0.2, 0.25) is 0 Å². The van der Waals surface area contributed by atoms with Gasteiger partial charge in [0.1, 0.15) is 11.6 Å². The molecular formula is C11H13ClN2O. The highest BCUT2D eigenvalue weighted by atomic mass is 35.5. The van der Waals surface area contributed by atoms with Gasteiger partial charge in [-0.2, -0.15) is 0 Å². The first-order valence-electron chi connectivity index (χ1n) is 4.89. The summed E-state index contributed by atoms with van der Waals surface area (Å²) >= 11 is 5.94. The number of nitrogens with one attached hydrogen (secondary N) is 1. The molecular weight excluding hydrogens is 212 g/mol. The molecule has 0 spiro atoms. The highest BCUT2D eigenvalue weighted by molar-refractivity contribution is 6.30. The summed E-state index contributed by atoms with van der Waals surface area (Å²) in [5.74, 6) is 1.87. The third-order valence-corrected chi connectivity index (χ3v) is 2.58. The molecule has 3 nitrogen and oxygen atoms in total. The van der Waals surface area contributed by atoms with Crippen LogP contribution in [0.5, 0.6) is 5.75 Å². The minimum absolute atomic E-state index is 0.726. The molecule has 1 aliphatic heterocycles. The van der Waals surface area contributed by atoms with Gasteiger partial charge in [-0.05, 0) is 18.2 Å². The van der Waals surface area contributed by atoms with E-state index in [0.717, 1.165) is 41.7 Å². The molecule has 1 aromatic carbocycles. The Bertz CT molecular complexity index is 390. The summed E-state index contributed by atoms with van der Waals surface area (Å²) in [6.45, 7) is 1.79. The predicted octanol–water partition coefficient (Wildman–Crippen LogP) is 1.89. The Kier molecular flexibility index (Phi) is 3.11. The minimum atomic E-state index is 0.726. The maximum atomic E-state index is 5.94. The summed E-state index contributed by atoms with van der Waals surface area (Å²) in [5.41, 5.74) is 1.07. The first kappa shape index (κ1) is 10.3. The van der Waals surface area contributed by atoms with Crippen LogP contribution in [0.3, 0.4) is 0 Å². The molecule has 80 valence electrons. The Hall–Kier alpha value is -1.22. The van der Waals surface area contributed by atoms with Crippen molar-refractivity contribution in [2.45, 2.75) is 6.42 Å². The fourth-order valence-corrected chi connectivity index (χ4v) is 1.83. The first-order valence-corrected chi connectivity index (χ1v) is 5.27. The zero-order valence-corrected chi connectivity index (χ0v) is 9.34. The lowest BCUT2D eigenvalue weighted by atomic mass is 10.1. The van der Waals surface area contributed by atoms with E-state index in [1.54, 1.807) is 7.11 Å². The minimum Gasteiger partial charge on any atom is -0.496 e. The third-order valence-electron chi connectivity index (χ3n) is 2.34. The number of hydrogen-bond donors (Lipinski definition) is 1. The molecule has 0 aliphatic carbocycles. The second-order valence-electron chi connectivity index (χ2n) is 3.39. The van der Waals surface area contributed by atoms with Crippen molar-refractivity contribution >= 4 is 17.4 Å². The monoisotopic (exact) mass is 224 g/mol. The zero-order chi connectivity index (χ0) is 10.7. The zero-order valence-electron chi connectivity index (χ0n) is 8.59. The van der Waals surface area contributed by atoms with Crippen molar-refractivity contribution in [2.75, 3.05) is 20.2 Å². The maximum Gasteiger partial charge on any atom is 0.122 e. The van der Waals surface area contributed by atoms with Gasteiger partial charge >= 0.3 is 0 Å². The van der Waals surface area contributed by atoms with Crippen LogP contribution in [0, 0.1) is 0 Å². The lowest BCUT2D eigenvalue weighted by molar-refractivity contribution is 0.411. The van der Waals surface area contributed by atoms with Crippen LogP contribution in [0.25, 0.3) is 0 Å². The molecule has 0 unspecified atom stereocenters. The van der Waals surface area contributed by atoms with Crippen molar-refractivity contribution in [3.05, 3.63) is 28.8 Å². The molecule has 0 atom stereocenters. The van der Waals surface area contributed by atoms with Crippen molar-refractivity contribution in [3.8, 4) is 5.75 Å². The topological polar surface area (TPSA) is 33.6 Å². The smallest absolute Gasteiger partial charge is 0.122 e. The highest BCUT2D eigenvalue weighted by Gasteiger charge is 2.10. The fourth-order valence-electron chi connectivity index (χ4n) is 1.63. The number of halogens is 1. The van der Waals surface area contributed by atoms with Crippen LogP contribution >= 0.6 is 11.6 Å². The second kappa shape index (κ2) is 4.53. The van der Waals surface area contributed by atoms with Crippen LogP contribution < -0.4 is 10.1 Å². The quantitative estimate of drug-likeness (QED) is 0.851. The molecule has 15 heavy (non-hydrogen) atoms. The molecule has 0 fully saturated rings. The van der Waals surface area contributed by atoms with E-state index in [0.29, 0.717) is 0 Å². The van der Waals surface area contributed by atoms with Crippen LogP contribution in [0.2, 0.25) is 5.02 Å². The number of ether oxygens (including phenoxy) is 1. The van der Waals surface area contributed by atoms with Crippen LogP contribution in [-0.4, -0.2) is 26.0 Å². The Balaban J connectivity index is 2.21. The molecule has 1 aromatic rings. The van der Waals surface area contributed by atoms with Gasteiger partial charge in [0.25, 0.3) is 0 Å². The van der Waals surface area contributed by atoms with E-state index in [1.165, 1.54) is 0 Å². The van der Waals surface area contributed by atoms with Crippen molar-refractivity contribution < 1.29 is 4.74 Å². The Morgan fingerprint density at radius 2 is 2.40 bits per heavy atom. The highest BCUT2D eigenvalue weighted by Crippen LogP contribution is 2.23. The van der Waals surface area contributed by atoms with Gasteiger partial charge in [-0.25, -0.2) is 0 Å². The average Bonchev–Trinajstić information content (AvgIpc) is 2.71. The van der Waals surface area contributed by atoms with Crippen LogP contribution in [0.4, 0.5) is 0 Å². The molecule has 0 aromatic heterocycles. The number of methoxy groups -OCH3 is 1. The molecule has 1 heterocycles. The number of amidine groups is 1. The number of hydrogen-bond acceptors (Lipinski definition) is 3. The molecule has 2 rings (SSSR count). The van der Waals surface area contributed by atoms with Gasteiger partial charge in [-0.15, -0.1) is 0 Å². The van der Waals surface area contributed by atoms with Gasteiger partial charge in [0.15, 0.2) is 0 Å². The van der Waals surface area contributed by atoms with E-state index in [1.807, 2.05) is 18.2 Å². The molecule has 0 saturated carbocycles. The standard InChI is InChI=1S/C11H13ClN2O/c1-15-10-3-2-9(12)6-8(10)7-11-13-4-5-14-11/h2-3,6H,4-5,7H2,1H3,(H,13,14). The van der Waals surface area contributed by atoms with Gasteiger partial charge in [0.05, 0.1) is 13.7 Å². The fraction of sp³-hybridized carbons (Fsp3) is 0.364. The summed E-state index contributed by atoms with van der Waals surface area (Å²) in [4.78, 5) is 4.34. The lowest BCUT2D eigenvalue weighted by Gasteiger charge is -2.09. The van der Waals surface area contributed by atoms with Gasteiger partial charge < -0.3 is 10.1 Å². The Morgan fingerprint density at radius 3 is 3.07 bits per heavy atom. The molecule has 1 aliphatic rings. The van der Waals surface area contributed by atoms with Crippen LogP contribution in [0.15, 0.2) is 23.2 Å². The largest absolute Gasteiger partial charge is 0.496 e. The number of rotatable bonds is 3. The molecule has 0 saturated heterocycles. The van der Waals surface area contributed by atoms with Crippen molar-refractivity contribution in [1.29, 1.82) is 0 Å². The number of aliphatic imine (C=N–C) groups is 1. The summed E-state index contributed by atoms with van der Waals surface area (Å²) in [6.07, 6.45) is 0.754. The Morgan fingerprint density at radius 1 is 1.53 bits per heavy atom. The van der Waals surface area contributed by atoms with E-state index >= 15 is 0 Å². The van der Waals surface area contributed by atoms with Crippen molar-refractivity contribution in [3.63, 3.8) is 0 Å². The van der Waals surface area contributed by atoms with Gasteiger partial charge in [-0.3, -0.25) is 4.99 Å². The van der Waals surface area contributed by atoms with E-state index in [2.05, 4.69) is 10.3 Å². The third kappa shape index (κ3) is 2.42. The second-order valence-corrected chi connectivity index (χ2v) is 3.82. The van der Waals surface area contributed by atoms with Crippen molar-refractivity contribution in [1.82, 2.24) is 5.32 Å². The van der Waals surface area contributed by atoms with E-state index in [-0.39, 0.29) is 0 Å². The Labute approximate surface area is 94.1 Å². The number of benzene rings is 1. The molecule has 0 radical (unpaired) electrons. The summed E-state index contributed by atoms with van der Waals surface area (Å²) in [6, 6.07) is 5.63. The van der Waals surface area contributed by atoms with Crippen LogP contribution in [0.1, 0.15) is 5.56 Å². The summed E-state index contributed by atoms with van der Waals surface area (Å²) < 4.78 is 5.27. The normalized spacial score (nSPS) is 14.7. The lowest BCUT2D eigenvalue weighted by Crippen LogP contribution is -2.20. The molecule has 0 bridgehead atoms. The van der Waals surface area contributed by atoms with E-state index < -0.39 is 0 Å². The SMILES string of the molecule is COc1ccc(Cl)cc1CC1=NCCN1.